The molecule has 0 aromatic heterocycles. The highest BCUT2D eigenvalue weighted by molar-refractivity contribution is 7.98. The van der Waals surface area contributed by atoms with E-state index in [2.05, 4.69) is 11.6 Å². The average molecular weight is 243 g/mol. The molecule has 5 heteroatoms. The van der Waals surface area contributed by atoms with Crippen LogP contribution < -0.4 is 5.32 Å². The fourth-order valence-corrected chi connectivity index (χ4v) is 1.70. The van der Waals surface area contributed by atoms with Crippen molar-refractivity contribution < 1.29 is 13.2 Å². The van der Waals surface area contributed by atoms with E-state index in [-0.39, 0.29) is 6.42 Å². The Kier molecular flexibility index (Phi) is 9.40. The van der Waals surface area contributed by atoms with E-state index >= 15 is 0 Å². The molecule has 0 aliphatic heterocycles. The van der Waals surface area contributed by atoms with Crippen molar-refractivity contribution in [1.29, 1.82) is 0 Å². The van der Waals surface area contributed by atoms with E-state index in [1.807, 2.05) is 11.8 Å². The Morgan fingerprint density at radius 3 is 2.27 bits per heavy atom. The SMILES string of the molecule is CSCCCCCNCCCC(F)(F)F. The highest BCUT2D eigenvalue weighted by atomic mass is 32.2. The van der Waals surface area contributed by atoms with Crippen molar-refractivity contribution in [2.75, 3.05) is 25.1 Å². The molecule has 0 spiro atoms. The zero-order valence-corrected chi connectivity index (χ0v) is 10.0. The van der Waals surface area contributed by atoms with E-state index in [9.17, 15) is 13.2 Å². The summed E-state index contributed by atoms with van der Waals surface area (Å²) in [5.41, 5.74) is 0. The van der Waals surface area contributed by atoms with Gasteiger partial charge >= 0.3 is 6.18 Å². The molecule has 0 heterocycles. The van der Waals surface area contributed by atoms with Gasteiger partial charge in [0.15, 0.2) is 0 Å². The van der Waals surface area contributed by atoms with Gasteiger partial charge < -0.3 is 5.32 Å². The van der Waals surface area contributed by atoms with Crippen molar-refractivity contribution in [3.05, 3.63) is 0 Å². The first-order valence-corrected chi connectivity index (χ1v) is 6.72. The van der Waals surface area contributed by atoms with E-state index in [0.29, 0.717) is 6.54 Å². The number of rotatable bonds is 9. The van der Waals surface area contributed by atoms with Gasteiger partial charge in [-0.2, -0.15) is 24.9 Å². The van der Waals surface area contributed by atoms with Crippen LogP contribution in [0.25, 0.3) is 0 Å². The van der Waals surface area contributed by atoms with E-state index in [4.69, 9.17) is 0 Å². The van der Waals surface area contributed by atoms with Gasteiger partial charge in [0.05, 0.1) is 0 Å². The second-order valence-electron chi connectivity index (χ2n) is 3.52. The summed E-state index contributed by atoms with van der Waals surface area (Å²) in [7, 11) is 0. The summed E-state index contributed by atoms with van der Waals surface area (Å²) in [6, 6.07) is 0. The molecule has 0 unspecified atom stereocenters. The standard InChI is InChI=1S/C10H20F3NS/c1-15-9-4-2-3-7-14-8-5-6-10(11,12)13/h14H,2-9H2,1H3. The van der Waals surface area contributed by atoms with Gasteiger partial charge in [-0.25, -0.2) is 0 Å². The molecule has 0 saturated heterocycles. The second kappa shape index (κ2) is 9.33. The number of thioether (sulfide) groups is 1. The summed E-state index contributed by atoms with van der Waals surface area (Å²) >= 11 is 1.83. The number of unbranched alkanes of at least 4 members (excludes halogenated alkanes) is 2. The first-order chi connectivity index (χ1) is 7.06. The van der Waals surface area contributed by atoms with Gasteiger partial charge in [0, 0.05) is 6.42 Å². The molecule has 0 amide bonds. The first-order valence-electron chi connectivity index (χ1n) is 5.32. The Hall–Kier alpha value is 0.100. The van der Waals surface area contributed by atoms with Crippen LogP contribution in [0.15, 0.2) is 0 Å². The lowest BCUT2D eigenvalue weighted by Crippen LogP contribution is -2.19. The van der Waals surface area contributed by atoms with Crippen LogP contribution in [0.5, 0.6) is 0 Å². The molecule has 0 aliphatic rings. The molecule has 0 bridgehead atoms. The molecule has 92 valence electrons. The zero-order valence-electron chi connectivity index (χ0n) is 9.20. The third kappa shape index (κ3) is 14.1. The van der Waals surface area contributed by atoms with Gasteiger partial charge in [0.2, 0.25) is 0 Å². The Balaban J connectivity index is 2.99. The summed E-state index contributed by atoms with van der Waals surface area (Å²) in [4.78, 5) is 0. The summed E-state index contributed by atoms with van der Waals surface area (Å²) in [6.45, 7) is 1.31. The highest BCUT2D eigenvalue weighted by Crippen LogP contribution is 2.20. The Labute approximate surface area is 94.2 Å². The van der Waals surface area contributed by atoms with Gasteiger partial charge in [-0.1, -0.05) is 6.42 Å². The number of hydrogen-bond acceptors (Lipinski definition) is 2. The minimum Gasteiger partial charge on any atom is -0.317 e. The van der Waals surface area contributed by atoms with Crippen molar-refractivity contribution in [2.45, 2.75) is 38.3 Å². The predicted molar refractivity (Wildman–Crippen MR) is 60.4 cm³/mol. The van der Waals surface area contributed by atoms with Crippen LogP contribution in [0.1, 0.15) is 32.1 Å². The van der Waals surface area contributed by atoms with Gasteiger partial charge in [0.1, 0.15) is 0 Å². The molecule has 0 radical (unpaired) electrons. The minimum atomic E-state index is -4.00. The highest BCUT2D eigenvalue weighted by Gasteiger charge is 2.25. The maximum absolute atomic E-state index is 11.7. The van der Waals surface area contributed by atoms with Crippen LogP contribution in [-0.2, 0) is 0 Å². The van der Waals surface area contributed by atoms with E-state index in [0.717, 1.165) is 19.4 Å². The molecule has 0 aromatic rings. The fourth-order valence-electron chi connectivity index (χ4n) is 1.21. The molecule has 0 saturated carbocycles. The minimum absolute atomic E-state index is 0.189. The lowest BCUT2D eigenvalue weighted by atomic mass is 10.2. The van der Waals surface area contributed by atoms with Crippen molar-refractivity contribution in [2.24, 2.45) is 0 Å². The molecule has 0 rings (SSSR count). The number of alkyl halides is 3. The van der Waals surface area contributed by atoms with Crippen LogP contribution >= 0.6 is 11.8 Å². The van der Waals surface area contributed by atoms with Gasteiger partial charge in [0.25, 0.3) is 0 Å². The van der Waals surface area contributed by atoms with Gasteiger partial charge in [-0.15, -0.1) is 0 Å². The number of nitrogens with one attached hydrogen (secondary N) is 1. The topological polar surface area (TPSA) is 12.0 Å². The Morgan fingerprint density at radius 1 is 1.00 bits per heavy atom. The van der Waals surface area contributed by atoms with E-state index in [1.54, 1.807) is 0 Å². The van der Waals surface area contributed by atoms with Crippen molar-refractivity contribution in [3.8, 4) is 0 Å². The molecule has 0 aromatic carbocycles. The lowest BCUT2D eigenvalue weighted by molar-refractivity contribution is -0.135. The van der Waals surface area contributed by atoms with E-state index < -0.39 is 12.6 Å². The van der Waals surface area contributed by atoms with Gasteiger partial charge in [-0.3, -0.25) is 0 Å². The summed E-state index contributed by atoms with van der Waals surface area (Å²) in [5.74, 6) is 1.17. The maximum atomic E-state index is 11.7. The largest absolute Gasteiger partial charge is 0.389 e. The lowest BCUT2D eigenvalue weighted by Gasteiger charge is -2.07. The number of hydrogen-bond donors (Lipinski definition) is 1. The predicted octanol–water partition coefficient (Wildman–Crippen LogP) is 3.45. The second-order valence-corrected chi connectivity index (χ2v) is 4.51. The van der Waals surface area contributed by atoms with E-state index in [1.165, 1.54) is 12.2 Å². The smallest absolute Gasteiger partial charge is 0.317 e. The fraction of sp³-hybridized carbons (Fsp3) is 1.00. The molecule has 0 atom stereocenters. The summed E-state index contributed by atoms with van der Waals surface area (Å²) in [5, 5.41) is 3.03. The van der Waals surface area contributed by atoms with Crippen molar-refractivity contribution >= 4 is 11.8 Å². The van der Waals surface area contributed by atoms with Crippen LogP contribution in [0.4, 0.5) is 13.2 Å². The third-order valence-electron chi connectivity index (χ3n) is 2.02. The summed E-state index contributed by atoms with van der Waals surface area (Å²) in [6.07, 6.45) is 1.02. The molecule has 15 heavy (non-hydrogen) atoms. The van der Waals surface area contributed by atoms with Crippen molar-refractivity contribution in [1.82, 2.24) is 5.32 Å². The molecule has 0 aliphatic carbocycles. The summed E-state index contributed by atoms with van der Waals surface area (Å²) < 4.78 is 35.2. The van der Waals surface area contributed by atoms with Crippen LogP contribution in [0.3, 0.4) is 0 Å². The Bertz CT molecular complexity index is 139. The van der Waals surface area contributed by atoms with Gasteiger partial charge in [-0.05, 0) is 44.4 Å². The molecule has 1 nitrogen and oxygen atoms in total. The number of halogens is 3. The molecule has 1 N–H and O–H groups in total. The monoisotopic (exact) mass is 243 g/mol. The average Bonchev–Trinajstić information content (AvgIpc) is 2.14. The maximum Gasteiger partial charge on any atom is 0.389 e. The quantitative estimate of drug-likeness (QED) is 0.622. The van der Waals surface area contributed by atoms with Crippen LogP contribution in [0.2, 0.25) is 0 Å². The zero-order chi connectivity index (χ0) is 11.6. The first kappa shape index (κ1) is 15.1. The third-order valence-corrected chi connectivity index (χ3v) is 2.71. The molecular formula is C10H20F3NS. The normalized spacial score (nSPS) is 12.0. The Morgan fingerprint density at radius 2 is 1.67 bits per heavy atom. The molecular weight excluding hydrogens is 223 g/mol. The van der Waals surface area contributed by atoms with Crippen LogP contribution in [-0.4, -0.2) is 31.3 Å². The van der Waals surface area contributed by atoms with Crippen molar-refractivity contribution in [3.63, 3.8) is 0 Å². The molecule has 0 fully saturated rings. The van der Waals surface area contributed by atoms with Crippen LogP contribution in [0, 0.1) is 0 Å².